The van der Waals surface area contributed by atoms with Crippen molar-refractivity contribution < 1.29 is 14.6 Å². The van der Waals surface area contributed by atoms with Gasteiger partial charge in [0, 0.05) is 18.8 Å². The minimum absolute atomic E-state index is 0.273. The first-order chi connectivity index (χ1) is 10.7. The standard InChI is InChI=1S/C16H17N3O3/c1-21-13-5-12(6-14(7-13)22-2)15(20)10-19-16-4-3-11(8-17)9-18-16/h3-7,9,15,20H,10H2,1-2H3,(H,18,19). The van der Waals surface area contributed by atoms with Crippen LogP contribution in [0.2, 0.25) is 0 Å². The number of hydrogen-bond acceptors (Lipinski definition) is 6. The average Bonchev–Trinajstić information content (AvgIpc) is 2.59. The molecule has 6 heteroatoms. The first kappa shape index (κ1) is 15.6. The van der Waals surface area contributed by atoms with Gasteiger partial charge in [0.1, 0.15) is 23.4 Å². The Kier molecular flexibility index (Phi) is 5.17. The predicted octanol–water partition coefficient (Wildman–Crippen LogP) is 2.12. The molecule has 0 fully saturated rings. The van der Waals surface area contributed by atoms with Crippen LogP contribution in [0.3, 0.4) is 0 Å². The van der Waals surface area contributed by atoms with E-state index in [0.717, 1.165) is 0 Å². The molecule has 0 bridgehead atoms. The SMILES string of the molecule is COc1cc(OC)cc(C(O)CNc2ccc(C#N)cn2)c1. The van der Waals surface area contributed by atoms with Gasteiger partial charge in [0.2, 0.25) is 0 Å². The third-order valence-corrected chi connectivity index (χ3v) is 3.13. The molecule has 2 N–H and O–H groups in total. The van der Waals surface area contributed by atoms with Gasteiger partial charge in [-0.1, -0.05) is 0 Å². The number of nitrogens with zero attached hydrogens (tertiary/aromatic N) is 2. The van der Waals surface area contributed by atoms with Gasteiger partial charge in [-0.2, -0.15) is 5.26 Å². The zero-order valence-corrected chi connectivity index (χ0v) is 12.4. The van der Waals surface area contributed by atoms with Crippen LogP contribution >= 0.6 is 0 Å². The van der Waals surface area contributed by atoms with Crippen LogP contribution in [0.15, 0.2) is 36.5 Å². The normalized spacial score (nSPS) is 11.4. The molecule has 1 atom stereocenters. The summed E-state index contributed by atoms with van der Waals surface area (Å²) in [6.45, 7) is 0.273. The van der Waals surface area contributed by atoms with E-state index in [1.165, 1.54) is 6.20 Å². The maximum Gasteiger partial charge on any atom is 0.126 e. The van der Waals surface area contributed by atoms with Gasteiger partial charge in [0.15, 0.2) is 0 Å². The summed E-state index contributed by atoms with van der Waals surface area (Å²) in [6, 6.07) is 10.6. The highest BCUT2D eigenvalue weighted by molar-refractivity contribution is 5.42. The monoisotopic (exact) mass is 299 g/mol. The number of nitrogens with one attached hydrogen (secondary N) is 1. The summed E-state index contributed by atoms with van der Waals surface area (Å²) >= 11 is 0. The van der Waals surface area contributed by atoms with Crippen molar-refractivity contribution in [2.45, 2.75) is 6.10 Å². The van der Waals surface area contributed by atoms with Gasteiger partial charge >= 0.3 is 0 Å². The quantitative estimate of drug-likeness (QED) is 0.849. The van der Waals surface area contributed by atoms with Crippen LogP contribution in [0.4, 0.5) is 5.82 Å². The van der Waals surface area contributed by atoms with Crippen molar-refractivity contribution in [3.05, 3.63) is 47.7 Å². The van der Waals surface area contributed by atoms with Gasteiger partial charge in [-0.3, -0.25) is 0 Å². The molecule has 0 aliphatic carbocycles. The molecular formula is C16H17N3O3. The zero-order chi connectivity index (χ0) is 15.9. The minimum Gasteiger partial charge on any atom is -0.497 e. The number of methoxy groups -OCH3 is 2. The summed E-state index contributed by atoms with van der Waals surface area (Å²) in [6.07, 6.45) is 0.727. The van der Waals surface area contributed by atoms with Gasteiger partial charge in [0.05, 0.1) is 25.9 Å². The van der Waals surface area contributed by atoms with Gasteiger partial charge in [-0.25, -0.2) is 4.98 Å². The smallest absolute Gasteiger partial charge is 0.126 e. The average molecular weight is 299 g/mol. The van der Waals surface area contributed by atoms with Gasteiger partial charge in [0.25, 0.3) is 0 Å². The first-order valence-corrected chi connectivity index (χ1v) is 6.67. The highest BCUT2D eigenvalue weighted by Gasteiger charge is 2.11. The summed E-state index contributed by atoms with van der Waals surface area (Å²) in [7, 11) is 3.12. The summed E-state index contributed by atoms with van der Waals surface area (Å²) < 4.78 is 10.4. The number of aliphatic hydroxyl groups is 1. The largest absolute Gasteiger partial charge is 0.497 e. The van der Waals surface area contributed by atoms with Crippen molar-refractivity contribution in [3.63, 3.8) is 0 Å². The van der Waals surface area contributed by atoms with Crippen molar-refractivity contribution in [2.24, 2.45) is 0 Å². The molecule has 0 amide bonds. The van der Waals surface area contributed by atoms with Crippen molar-refractivity contribution in [3.8, 4) is 17.6 Å². The van der Waals surface area contributed by atoms with Gasteiger partial charge < -0.3 is 19.9 Å². The summed E-state index contributed by atoms with van der Waals surface area (Å²) in [5, 5.41) is 22.0. The Morgan fingerprint density at radius 3 is 2.41 bits per heavy atom. The molecule has 1 unspecified atom stereocenters. The molecule has 1 heterocycles. The highest BCUT2D eigenvalue weighted by atomic mass is 16.5. The number of aromatic nitrogens is 1. The topological polar surface area (TPSA) is 87.4 Å². The number of nitriles is 1. The fourth-order valence-electron chi connectivity index (χ4n) is 1.91. The second-order valence-corrected chi connectivity index (χ2v) is 4.59. The van der Waals surface area contributed by atoms with Crippen LogP contribution in [0.5, 0.6) is 11.5 Å². The molecule has 6 nitrogen and oxygen atoms in total. The molecule has 0 saturated carbocycles. The van der Waals surface area contributed by atoms with Gasteiger partial charge in [-0.15, -0.1) is 0 Å². The van der Waals surface area contributed by atoms with Crippen molar-refractivity contribution in [2.75, 3.05) is 26.1 Å². The van der Waals surface area contributed by atoms with E-state index in [1.54, 1.807) is 44.6 Å². The lowest BCUT2D eigenvalue weighted by molar-refractivity contribution is 0.190. The Labute approximate surface area is 128 Å². The molecule has 2 aromatic rings. The van der Waals surface area contributed by atoms with E-state index in [-0.39, 0.29) is 6.54 Å². The third kappa shape index (κ3) is 3.87. The molecule has 0 saturated heterocycles. The number of pyridine rings is 1. The number of hydrogen-bond donors (Lipinski definition) is 2. The fourth-order valence-corrected chi connectivity index (χ4v) is 1.91. The minimum atomic E-state index is -0.749. The lowest BCUT2D eigenvalue weighted by Gasteiger charge is -2.15. The number of benzene rings is 1. The highest BCUT2D eigenvalue weighted by Crippen LogP contribution is 2.26. The molecular weight excluding hydrogens is 282 g/mol. The van der Waals surface area contributed by atoms with Crippen molar-refractivity contribution >= 4 is 5.82 Å². The van der Waals surface area contributed by atoms with Gasteiger partial charge in [-0.05, 0) is 29.8 Å². The van der Waals surface area contributed by atoms with E-state index in [2.05, 4.69) is 10.3 Å². The zero-order valence-electron chi connectivity index (χ0n) is 12.4. The lowest BCUT2D eigenvalue weighted by atomic mass is 10.1. The van der Waals surface area contributed by atoms with E-state index >= 15 is 0 Å². The third-order valence-electron chi connectivity index (χ3n) is 3.13. The molecule has 1 aromatic carbocycles. The molecule has 1 aromatic heterocycles. The van der Waals surface area contributed by atoms with E-state index in [0.29, 0.717) is 28.4 Å². The van der Waals surface area contributed by atoms with Crippen LogP contribution in [0.1, 0.15) is 17.2 Å². The Morgan fingerprint density at radius 2 is 1.91 bits per heavy atom. The maximum absolute atomic E-state index is 10.3. The molecule has 2 rings (SSSR count). The Hall–Kier alpha value is -2.78. The molecule has 22 heavy (non-hydrogen) atoms. The van der Waals surface area contributed by atoms with Crippen molar-refractivity contribution in [1.82, 2.24) is 4.98 Å². The van der Waals surface area contributed by atoms with E-state index in [1.807, 2.05) is 6.07 Å². The summed E-state index contributed by atoms with van der Waals surface area (Å²) in [4.78, 5) is 4.09. The molecule has 0 spiro atoms. The maximum atomic E-state index is 10.3. The van der Waals surface area contributed by atoms with Crippen LogP contribution in [-0.2, 0) is 0 Å². The molecule has 0 aliphatic heterocycles. The fraction of sp³-hybridized carbons (Fsp3) is 0.250. The summed E-state index contributed by atoms with van der Waals surface area (Å²) in [5.74, 6) is 1.82. The van der Waals surface area contributed by atoms with Crippen LogP contribution in [0.25, 0.3) is 0 Å². The van der Waals surface area contributed by atoms with Crippen LogP contribution < -0.4 is 14.8 Å². The van der Waals surface area contributed by atoms with E-state index in [9.17, 15) is 5.11 Å². The second kappa shape index (κ2) is 7.29. The van der Waals surface area contributed by atoms with Crippen LogP contribution in [-0.4, -0.2) is 30.9 Å². The number of ether oxygens (including phenoxy) is 2. The molecule has 0 radical (unpaired) electrons. The number of rotatable bonds is 6. The predicted molar refractivity (Wildman–Crippen MR) is 81.9 cm³/mol. The van der Waals surface area contributed by atoms with E-state index in [4.69, 9.17) is 14.7 Å². The first-order valence-electron chi connectivity index (χ1n) is 6.67. The Bertz CT molecular complexity index is 643. The Morgan fingerprint density at radius 1 is 1.23 bits per heavy atom. The van der Waals surface area contributed by atoms with Crippen molar-refractivity contribution in [1.29, 1.82) is 5.26 Å². The number of aliphatic hydroxyl groups excluding tert-OH is 1. The van der Waals surface area contributed by atoms with Crippen LogP contribution in [0, 0.1) is 11.3 Å². The van der Waals surface area contributed by atoms with E-state index < -0.39 is 6.10 Å². The molecule has 0 aliphatic rings. The summed E-state index contributed by atoms with van der Waals surface area (Å²) in [5.41, 5.74) is 1.17. The molecule has 114 valence electrons. The number of anilines is 1. The second-order valence-electron chi connectivity index (χ2n) is 4.59. The lowest BCUT2D eigenvalue weighted by Crippen LogP contribution is -2.13. The Balaban J connectivity index is 2.05.